The van der Waals surface area contributed by atoms with Gasteiger partial charge < -0.3 is 10.1 Å². The highest BCUT2D eigenvalue weighted by atomic mass is 16.5. The number of anilines is 1. The Bertz CT molecular complexity index is 1130. The van der Waals surface area contributed by atoms with E-state index in [4.69, 9.17) is 4.74 Å². The van der Waals surface area contributed by atoms with Crippen LogP contribution in [0.3, 0.4) is 0 Å². The monoisotopic (exact) mass is 458 g/mol. The zero-order valence-corrected chi connectivity index (χ0v) is 18.8. The maximum Gasteiger partial charge on any atom is 0.338 e. The van der Waals surface area contributed by atoms with Crippen molar-refractivity contribution in [3.8, 4) is 0 Å². The first-order valence-corrected chi connectivity index (χ1v) is 11.6. The molecular weight excluding hydrogens is 432 g/mol. The SMILES string of the molecule is CCOC(=O)c1ccc(NC(=O)[C@H](Cc2ccccc2)N2C(=O)[C@@H]3[C@H](C2=O)[C@H]2C=C[C@H]3C2)cc1. The lowest BCUT2D eigenvalue weighted by Crippen LogP contribution is -2.49. The summed E-state index contributed by atoms with van der Waals surface area (Å²) in [6.45, 7) is 2.01. The molecule has 2 aromatic carbocycles. The minimum absolute atomic E-state index is 0.0762. The maximum atomic E-state index is 13.5. The summed E-state index contributed by atoms with van der Waals surface area (Å²) in [5.74, 6) is -1.95. The topological polar surface area (TPSA) is 92.8 Å². The van der Waals surface area contributed by atoms with Crippen LogP contribution in [-0.2, 0) is 25.5 Å². The molecule has 5 rings (SSSR count). The van der Waals surface area contributed by atoms with E-state index in [1.165, 1.54) is 4.90 Å². The van der Waals surface area contributed by atoms with Gasteiger partial charge in [-0.05, 0) is 55.0 Å². The van der Waals surface area contributed by atoms with Gasteiger partial charge in [-0.15, -0.1) is 0 Å². The third-order valence-electron chi connectivity index (χ3n) is 7.05. The van der Waals surface area contributed by atoms with Gasteiger partial charge in [0.25, 0.3) is 0 Å². The fourth-order valence-corrected chi connectivity index (χ4v) is 5.50. The number of benzene rings is 2. The molecular formula is C27H26N2O5. The van der Waals surface area contributed by atoms with Crippen LogP contribution in [0.5, 0.6) is 0 Å². The lowest BCUT2D eigenvalue weighted by molar-refractivity contribution is -0.147. The van der Waals surface area contributed by atoms with Crippen molar-refractivity contribution >= 4 is 29.4 Å². The van der Waals surface area contributed by atoms with Crippen molar-refractivity contribution in [1.29, 1.82) is 0 Å². The number of fused-ring (bicyclic) bond motifs is 5. The van der Waals surface area contributed by atoms with Gasteiger partial charge in [0.2, 0.25) is 17.7 Å². The predicted molar refractivity (Wildman–Crippen MR) is 125 cm³/mol. The van der Waals surface area contributed by atoms with E-state index in [0.717, 1.165) is 12.0 Å². The van der Waals surface area contributed by atoms with Crippen LogP contribution in [0.25, 0.3) is 0 Å². The molecule has 1 N–H and O–H groups in total. The number of nitrogens with one attached hydrogen (secondary N) is 1. The number of allylic oxidation sites excluding steroid dienone is 2. The fraction of sp³-hybridized carbons (Fsp3) is 0.333. The molecule has 3 aliphatic rings. The summed E-state index contributed by atoms with van der Waals surface area (Å²) in [5, 5.41) is 2.83. The lowest BCUT2D eigenvalue weighted by Gasteiger charge is -2.27. The number of imide groups is 1. The Morgan fingerprint density at radius 3 is 2.18 bits per heavy atom. The highest BCUT2D eigenvalue weighted by molar-refractivity contribution is 6.11. The van der Waals surface area contributed by atoms with Gasteiger partial charge in [-0.1, -0.05) is 42.5 Å². The molecule has 2 aromatic rings. The molecule has 5 atom stereocenters. The number of carbonyl (C=O) groups is 4. The molecule has 0 radical (unpaired) electrons. The number of esters is 1. The van der Waals surface area contributed by atoms with Gasteiger partial charge >= 0.3 is 5.97 Å². The van der Waals surface area contributed by atoms with Crippen molar-refractivity contribution < 1.29 is 23.9 Å². The molecule has 2 bridgehead atoms. The molecule has 2 aliphatic carbocycles. The van der Waals surface area contributed by atoms with Crippen molar-refractivity contribution in [3.63, 3.8) is 0 Å². The maximum absolute atomic E-state index is 13.5. The lowest BCUT2D eigenvalue weighted by atomic mass is 9.85. The Kier molecular flexibility index (Phi) is 5.77. The minimum atomic E-state index is -0.961. The van der Waals surface area contributed by atoms with Crippen LogP contribution in [0.2, 0.25) is 0 Å². The summed E-state index contributed by atoms with van der Waals surface area (Å²) in [4.78, 5) is 53.3. The molecule has 1 heterocycles. The Hall–Kier alpha value is -3.74. The summed E-state index contributed by atoms with van der Waals surface area (Å²) in [6, 6.07) is 14.8. The van der Waals surface area contributed by atoms with Crippen LogP contribution < -0.4 is 5.32 Å². The average molecular weight is 459 g/mol. The molecule has 7 heteroatoms. The molecule has 3 amide bonds. The zero-order valence-electron chi connectivity index (χ0n) is 18.8. The van der Waals surface area contributed by atoms with Crippen LogP contribution >= 0.6 is 0 Å². The van der Waals surface area contributed by atoms with Crippen LogP contribution in [0, 0.1) is 23.7 Å². The summed E-state index contributed by atoms with van der Waals surface area (Å²) in [6.07, 6.45) is 5.14. The smallest absolute Gasteiger partial charge is 0.338 e. The number of likely N-dealkylation sites (tertiary alicyclic amines) is 1. The number of carbonyl (C=O) groups excluding carboxylic acids is 4. The molecule has 174 valence electrons. The standard InChI is InChI=1S/C27H26N2O5/c1-2-34-27(33)17-10-12-20(13-11-17)28-24(30)21(14-16-6-4-3-5-7-16)29-25(31)22-18-8-9-19(15-18)23(22)26(29)32/h3-13,18-19,21-23H,2,14-15H2,1H3,(H,28,30)/t18-,19-,21-,22-,23+/m0/s1. The minimum Gasteiger partial charge on any atom is -0.462 e. The number of amides is 3. The Morgan fingerprint density at radius 2 is 1.59 bits per heavy atom. The van der Waals surface area contributed by atoms with Gasteiger partial charge in [0.1, 0.15) is 6.04 Å². The van der Waals surface area contributed by atoms with Crippen molar-refractivity contribution in [2.45, 2.75) is 25.8 Å². The molecule has 1 saturated heterocycles. The zero-order chi connectivity index (χ0) is 23.8. The number of ether oxygens (including phenoxy) is 1. The van der Waals surface area contributed by atoms with Crippen molar-refractivity contribution in [2.24, 2.45) is 23.7 Å². The molecule has 7 nitrogen and oxygen atoms in total. The summed E-state index contributed by atoms with van der Waals surface area (Å²) in [5.41, 5.74) is 1.71. The van der Waals surface area contributed by atoms with E-state index in [1.807, 2.05) is 42.5 Å². The molecule has 0 unspecified atom stereocenters. The van der Waals surface area contributed by atoms with Crippen molar-refractivity contribution in [3.05, 3.63) is 77.9 Å². The van der Waals surface area contributed by atoms with Gasteiger partial charge in [-0.3, -0.25) is 19.3 Å². The third-order valence-corrected chi connectivity index (χ3v) is 7.05. The highest BCUT2D eigenvalue weighted by Gasteiger charge is 2.61. The second-order valence-corrected chi connectivity index (χ2v) is 9.04. The summed E-state index contributed by atoms with van der Waals surface area (Å²) >= 11 is 0. The molecule has 1 aliphatic heterocycles. The molecule has 1 saturated carbocycles. The van der Waals surface area contributed by atoms with Gasteiger partial charge in [0.05, 0.1) is 24.0 Å². The van der Waals surface area contributed by atoms with Crippen molar-refractivity contribution in [2.75, 3.05) is 11.9 Å². The van der Waals surface area contributed by atoms with E-state index in [2.05, 4.69) is 5.32 Å². The second-order valence-electron chi connectivity index (χ2n) is 9.04. The molecule has 0 spiro atoms. The average Bonchev–Trinajstić information content (AvgIpc) is 3.53. The van der Waals surface area contributed by atoms with Crippen LogP contribution in [-0.4, -0.2) is 41.2 Å². The van der Waals surface area contributed by atoms with E-state index in [9.17, 15) is 19.2 Å². The van der Waals surface area contributed by atoms with E-state index in [-0.39, 0.29) is 48.5 Å². The quantitative estimate of drug-likeness (QED) is 0.391. The molecule has 34 heavy (non-hydrogen) atoms. The van der Waals surface area contributed by atoms with Gasteiger partial charge in [0.15, 0.2) is 0 Å². The van der Waals surface area contributed by atoms with Crippen LogP contribution in [0.4, 0.5) is 5.69 Å². The first-order valence-electron chi connectivity index (χ1n) is 11.6. The van der Waals surface area contributed by atoms with Gasteiger partial charge in [-0.2, -0.15) is 0 Å². The second kappa shape index (κ2) is 8.89. The van der Waals surface area contributed by atoms with Crippen LogP contribution in [0.1, 0.15) is 29.3 Å². The number of nitrogens with zero attached hydrogens (tertiary/aromatic N) is 1. The summed E-state index contributed by atoms with van der Waals surface area (Å²) < 4.78 is 4.99. The molecule has 0 aromatic heterocycles. The van der Waals surface area contributed by atoms with E-state index >= 15 is 0 Å². The predicted octanol–water partition coefficient (Wildman–Crippen LogP) is 3.22. The molecule has 2 fully saturated rings. The normalized spacial score (nSPS) is 25.4. The van der Waals surface area contributed by atoms with E-state index in [1.54, 1.807) is 31.2 Å². The fourth-order valence-electron chi connectivity index (χ4n) is 5.50. The number of hydrogen-bond acceptors (Lipinski definition) is 5. The van der Waals surface area contributed by atoms with Gasteiger partial charge in [-0.25, -0.2) is 4.79 Å². The Morgan fingerprint density at radius 1 is 0.971 bits per heavy atom. The largest absolute Gasteiger partial charge is 0.462 e. The number of rotatable bonds is 7. The highest BCUT2D eigenvalue weighted by Crippen LogP contribution is 2.53. The van der Waals surface area contributed by atoms with Crippen molar-refractivity contribution in [1.82, 2.24) is 4.90 Å². The van der Waals surface area contributed by atoms with E-state index in [0.29, 0.717) is 11.3 Å². The Balaban J connectivity index is 1.39. The summed E-state index contributed by atoms with van der Waals surface area (Å²) in [7, 11) is 0. The van der Waals surface area contributed by atoms with Gasteiger partial charge in [0, 0.05) is 12.1 Å². The Labute approximate surface area is 197 Å². The van der Waals surface area contributed by atoms with E-state index < -0.39 is 17.9 Å². The first-order chi connectivity index (χ1) is 16.5. The first kappa shape index (κ1) is 22.1. The van der Waals surface area contributed by atoms with Crippen LogP contribution in [0.15, 0.2) is 66.7 Å². The number of hydrogen-bond donors (Lipinski definition) is 1. The third kappa shape index (κ3) is 3.81.